The topological polar surface area (TPSA) is 40.6 Å². The van der Waals surface area contributed by atoms with Crippen LogP contribution < -0.4 is 51.4 Å². The Morgan fingerprint density at radius 2 is 1.80 bits per heavy atom. The molecular formula is C5H11BF3KN2O2S. The van der Waals surface area contributed by atoms with Gasteiger partial charge in [0.2, 0.25) is 0 Å². The van der Waals surface area contributed by atoms with E-state index in [0.29, 0.717) is 10.7 Å². The minimum Gasteiger partial charge on any atom is -0.448 e. The van der Waals surface area contributed by atoms with Crippen LogP contribution in [0.3, 0.4) is 0 Å². The zero-order valence-corrected chi connectivity index (χ0v) is 12.6. The summed E-state index contributed by atoms with van der Waals surface area (Å²) >= 11 is 0. The first-order valence-corrected chi connectivity index (χ1v) is 5.55. The van der Waals surface area contributed by atoms with Gasteiger partial charge in [-0.2, -0.15) is 12.7 Å². The van der Waals surface area contributed by atoms with E-state index in [4.69, 9.17) is 0 Å². The van der Waals surface area contributed by atoms with Crippen molar-refractivity contribution in [2.24, 2.45) is 0 Å². The molecule has 1 fully saturated rings. The predicted molar refractivity (Wildman–Crippen MR) is 46.8 cm³/mol. The van der Waals surface area contributed by atoms with Crippen LogP contribution in [0.4, 0.5) is 12.9 Å². The van der Waals surface area contributed by atoms with Crippen LogP contribution in [0.15, 0.2) is 0 Å². The molecule has 1 aliphatic heterocycles. The van der Waals surface area contributed by atoms with Gasteiger partial charge >= 0.3 is 58.4 Å². The minimum atomic E-state index is -5.09. The molecule has 15 heavy (non-hydrogen) atoms. The van der Waals surface area contributed by atoms with Gasteiger partial charge < -0.3 is 12.9 Å². The maximum atomic E-state index is 12.0. The van der Waals surface area contributed by atoms with Crippen molar-refractivity contribution in [2.45, 2.75) is 6.42 Å². The average molecular weight is 270 g/mol. The molecule has 0 aromatic heterocycles. The molecule has 1 rings (SSSR count). The van der Waals surface area contributed by atoms with E-state index in [2.05, 4.69) is 0 Å². The van der Waals surface area contributed by atoms with Gasteiger partial charge in [0.15, 0.2) is 0 Å². The smallest absolute Gasteiger partial charge is 0.448 e. The summed E-state index contributed by atoms with van der Waals surface area (Å²) in [4.78, 5) is 0. The van der Waals surface area contributed by atoms with E-state index in [1.54, 1.807) is 0 Å². The summed E-state index contributed by atoms with van der Waals surface area (Å²) in [5.41, 5.74) is 0. The van der Waals surface area contributed by atoms with Crippen LogP contribution in [-0.2, 0) is 10.2 Å². The van der Waals surface area contributed by atoms with Crippen molar-refractivity contribution in [3.63, 3.8) is 0 Å². The zero-order valence-electron chi connectivity index (χ0n) is 8.66. The predicted octanol–water partition coefficient (Wildman–Crippen LogP) is -2.74. The van der Waals surface area contributed by atoms with Crippen molar-refractivity contribution in [2.75, 3.05) is 26.6 Å². The summed E-state index contributed by atoms with van der Waals surface area (Å²) in [7, 11) is -2.59. The van der Waals surface area contributed by atoms with Gasteiger partial charge in [-0.15, -0.1) is 0 Å². The molecule has 0 bridgehead atoms. The first kappa shape index (κ1) is 16.4. The van der Waals surface area contributed by atoms with Crippen molar-refractivity contribution >= 4 is 17.2 Å². The van der Waals surface area contributed by atoms with Crippen LogP contribution in [-0.4, -0.2) is 50.6 Å². The Morgan fingerprint density at radius 1 is 1.27 bits per heavy atom. The van der Waals surface area contributed by atoms with Gasteiger partial charge in [-0.3, -0.25) is 0 Å². The molecule has 0 atom stereocenters. The summed E-state index contributed by atoms with van der Waals surface area (Å²) < 4.78 is 60.3. The van der Waals surface area contributed by atoms with Crippen molar-refractivity contribution in [3.05, 3.63) is 0 Å². The fourth-order valence-electron chi connectivity index (χ4n) is 1.31. The molecule has 1 saturated heterocycles. The Bertz CT molecular complexity index is 310. The minimum absolute atomic E-state index is 0. The number of hydrogen-bond donors (Lipinski definition) is 0. The normalized spacial score (nSPS) is 23.5. The summed E-state index contributed by atoms with van der Waals surface area (Å²) in [6.07, 6.45) is -0.908. The van der Waals surface area contributed by atoms with Gasteiger partial charge in [-0.05, 0) is 12.9 Å². The van der Waals surface area contributed by atoms with Crippen molar-refractivity contribution in [3.8, 4) is 0 Å². The average Bonchev–Trinajstić information content (AvgIpc) is 1.97. The largest absolute Gasteiger partial charge is 1.00 e. The molecule has 1 heterocycles. The van der Waals surface area contributed by atoms with Crippen LogP contribution in [0.25, 0.3) is 0 Å². The van der Waals surface area contributed by atoms with Crippen LogP contribution in [0, 0.1) is 0 Å². The second-order valence-electron chi connectivity index (χ2n) is 3.25. The molecule has 4 nitrogen and oxygen atoms in total. The number of rotatable bonds is 2. The van der Waals surface area contributed by atoms with E-state index in [0.717, 1.165) is 4.31 Å². The first-order valence-electron chi connectivity index (χ1n) is 4.16. The van der Waals surface area contributed by atoms with Crippen molar-refractivity contribution < 1.29 is 72.7 Å². The Labute approximate surface area is 130 Å². The Morgan fingerprint density at radius 3 is 2.27 bits per heavy atom. The molecule has 84 valence electrons. The molecule has 0 aliphatic carbocycles. The quantitative estimate of drug-likeness (QED) is 0.511. The first-order chi connectivity index (χ1) is 6.23. The summed E-state index contributed by atoms with van der Waals surface area (Å²) in [6, 6.07) is 0. The Hall–Kier alpha value is 1.36. The van der Waals surface area contributed by atoms with Crippen molar-refractivity contribution in [1.82, 2.24) is 8.61 Å². The summed E-state index contributed by atoms with van der Waals surface area (Å²) in [5, 5.41) is 0. The molecule has 0 aromatic carbocycles. The number of hydrogen-bond acceptors (Lipinski definition) is 2. The van der Waals surface area contributed by atoms with Gasteiger partial charge in [0, 0.05) is 20.1 Å². The second-order valence-corrected chi connectivity index (χ2v) is 5.29. The van der Waals surface area contributed by atoms with Gasteiger partial charge in [0.05, 0.1) is 0 Å². The number of halogens is 3. The van der Waals surface area contributed by atoms with Crippen LogP contribution in [0.5, 0.6) is 0 Å². The third-order valence-electron chi connectivity index (χ3n) is 2.01. The van der Waals surface area contributed by atoms with E-state index in [1.807, 2.05) is 0 Å². The molecule has 0 aromatic rings. The Balaban J connectivity index is 0.00000196. The van der Waals surface area contributed by atoms with Crippen LogP contribution in [0.2, 0.25) is 0 Å². The molecule has 0 unspecified atom stereocenters. The monoisotopic (exact) mass is 270 g/mol. The van der Waals surface area contributed by atoms with Crippen LogP contribution in [0.1, 0.15) is 6.42 Å². The second kappa shape index (κ2) is 5.81. The van der Waals surface area contributed by atoms with Gasteiger partial charge in [-0.25, -0.2) is 4.31 Å². The SMILES string of the molecule is CN1CCCN(C[B-](F)(F)F)S1(=O)=O.[K+]. The van der Waals surface area contributed by atoms with Gasteiger partial charge in [0.25, 0.3) is 10.2 Å². The Kier molecular flexibility index (Phi) is 6.33. The molecule has 1 aliphatic rings. The van der Waals surface area contributed by atoms with E-state index in [-0.39, 0.29) is 64.5 Å². The standard InChI is InChI=1S/C5H11BF3N2O2S.K/c1-10-3-2-4-11(14(10,12)13)5-6(7,8)9;/h2-5H2,1H3;/q-1;+1. The zero-order chi connectivity index (χ0) is 11.0. The maximum Gasteiger partial charge on any atom is 1.00 e. The molecule has 10 heteroatoms. The van der Waals surface area contributed by atoms with Crippen LogP contribution >= 0.6 is 0 Å². The van der Waals surface area contributed by atoms with E-state index in [9.17, 15) is 21.4 Å². The summed E-state index contributed by atoms with van der Waals surface area (Å²) in [5.74, 6) is 0. The molecule has 0 spiro atoms. The molecule has 0 radical (unpaired) electrons. The fraction of sp³-hybridized carbons (Fsp3) is 1.00. The molecule has 0 saturated carbocycles. The van der Waals surface area contributed by atoms with E-state index >= 15 is 0 Å². The molecular weight excluding hydrogens is 259 g/mol. The van der Waals surface area contributed by atoms with Gasteiger partial charge in [0.1, 0.15) is 0 Å². The van der Waals surface area contributed by atoms with Crippen molar-refractivity contribution in [1.29, 1.82) is 0 Å². The molecule has 0 amide bonds. The number of nitrogens with zero attached hydrogens (tertiary/aromatic N) is 2. The fourth-order valence-corrected chi connectivity index (χ4v) is 2.79. The van der Waals surface area contributed by atoms with Gasteiger partial charge in [-0.1, -0.05) is 0 Å². The molecule has 0 N–H and O–H groups in total. The summed E-state index contributed by atoms with van der Waals surface area (Å²) in [6.45, 7) is -4.86. The third-order valence-corrected chi connectivity index (χ3v) is 3.97. The maximum absolute atomic E-state index is 12.0. The van der Waals surface area contributed by atoms with E-state index in [1.165, 1.54) is 7.05 Å². The third kappa shape index (κ3) is 4.62. The van der Waals surface area contributed by atoms with E-state index < -0.39 is 23.6 Å².